The molecule has 2 aromatic heterocycles. The molecular formula is C14H17N5O2. The van der Waals surface area contributed by atoms with E-state index in [1.54, 1.807) is 19.2 Å². The van der Waals surface area contributed by atoms with Crippen LogP contribution in [0.3, 0.4) is 0 Å². The quantitative estimate of drug-likeness (QED) is 0.847. The van der Waals surface area contributed by atoms with Crippen LogP contribution in [-0.4, -0.2) is 32.0 Å². The van der Waals surface area contributed by atoms with Gasteiger partial charge in [-0.2, -0.15) is 4.98 Å². The number of aromatic amines is 1. The first-order valence-electron chi connectivity index (χ1n) is 6.98. The van der Waals surface area contributed by atoms with Crippen molar-refractivity contribution in [3.8, 4) is 0 Å². The number of nitrogens with one attached hydrogen (secondary N) is 2. The maximum atomic E-state index is 12.0. The normalized spacial score (nSPS) is 17.3. The molecule has 21 heavy (non-hydrogen) atoms. The van der Waals surface area contributed by atoms with E-state index in [0.717, 1.165) is 25.2 Å². The van der Waals surface area contributed by atoms with Gasteiger partial charge < -0.3 is 14.9 Å². The fraction of sp³-hybridized carbons (Fsp3) is 0.429. The summed E-state index contributed by atoms with van der Waals surface area (Å²) in [5.74, 6) is 1.12. The average Bonchev–Trinajstić information content (AvgIpc) is 2.91. The van der Waals surface area contributed by atoms with Crippen LogP contribution in [0.4, 0.5) is 0 Å². The number of carbonyl (C=O) groups excluding carboxylic acids is 1. The van der Waals surface area contributed by atoms with E-state index in [0.29, 0.717) is 18.2 Å². The molecule has 110 valence electrons. The van der Waals surface area contributed by atoms with Crippen LogP contribution in [0.5, 0.6) is 0 Å². The topological polar surface area (TPSA) is 92.7 Å². The highest BCUT2D eigenvalue weighted by Gasteiger charge is 2.20. The third-order valence-corrected chi connectivity index (χ3v) is 3.71. The first-order chi connectivity index (χ1) is 10.1. The van der Waals surface area contributed by atoms with Crippen LogP contribution in [0.25, 0.3) is 0 Å². The summed E-state index contributed by atoms with van der Waals surface area (Å²) in [4.78, 5) is 33.8. The summed E-state index contributed by atoms with van der Waals surface area (Å²) in [5.41, 5.74) is 0.285. The van der Waals surface area contributed by atoms with Crippen molar-refractivity contribution in [3.63, 3.8) is 0 Å². The Kier molecular flexibility index (Phi) is 3.55. The molecule has 0 radical (unpaired) electrons. The van der Waals surface area contributed by atoms with Gasteiger partial charge in [-0.25, -0.2) is 9.78 Å². The Morgan fingerprint density at radius 2 is 2.43 bits per heavy atom. The number of H-pyrrole nitrogens is 1. The molecule has 0 saturated carbocycles. The van der Waals surface area contributed by atoms with Gasteiger partial charge in [-0.15, -0.1) is 0 Å². The van der Waals surface area contributed by atoms with Crippen molar-refractivity contribution in [2.45, 2.75) is 26.3 Å². The molecule has 3 heterocycles. The zero-order valence-electron chi connectivity index (χ0n) is 11.8. The Labute approximate surface area is 121 Å². The number of aryl methyl sites for hydroxylation is 2. The summed E-state index contributed by atoms with van der Waals surface area (Å²) in [6.07, 6.45) is 5.65. The summed E-state index contributed by atoms with van der Waals surface area (Å²) in [5, 5.41) is 2.85. The lowest BCUT2D eigenvalue weighted by Crippen LogP contribution is -2.34. The van der Waals surface area contributed by atoms with Gasteiger partial charge in [0.2, 0.25) is 0 Å². The van der Waals surface area contributed by atoms with Crippen molar-refractivity contribution in [1.29, 1.82) is 0 Å². The van der Waals surface area contributed by atoms with Crippen LogP contribution in [0, 0.1) is 12.8 Å². The Hall–Kier alpha value is -2.44. The Bertz CT molecular complexity index is 718. The largest absolute Gasteiger partial charge is 0.350 e. The van der Waals surface area contributed by atoms with Gasteiger partial charge in [0.1, 0.15) is 11.5 Å². The molecule has 7 heteroatoms. The van der Waals surface area contributed by atoms with Crippen LogP contribution >= 0.6 is 0 Å². The Morgan fingerprint density at radius 3 is 3.24 bits per heavy atom. The maximum absolute atomic E-state index is 12.0. The number of fused-ring (bicyclic) bond motifs is 1. The standard InChI is InChI=1S/C14H17N5O2/c1-9-6-11(18-14(21)17-9)13(20)16-8-10-2-4-19-5-3-15-12(19)7-10/h3,5-6,10H,2,4,7-8H2,1H3,(H,16,20)(H,17,18,21). The molecule has 0 aromatic carbocycles. The molecule has 0 fully saturated rings. The van der Waals surface area contributed by atoms with E-state index in [1.165, 1.54) is 0 Å². The van der Waals surface area contributed by atoms with Crippen molar-refractivity contribution in [2.75, 3.05) is 6.54 Å². The third-order valence-electron chi connectivity index (χ3n) is 3.71. The Balaban J connectivity index is 1.60. The molecule has 0 aliphatic carbocycles. The fourth-order valence-corrected chi connectivity index (χ4v) is 2.61. The molecule has 0 spiro atoms. The monoisotopic (exact) mass is 287 g/mol. The first-order valence-corrected chi connectivity index (χ1v) is 6.98. The minimum atomic E-state index is -0.500. The SMILES string of the molecule is Cc1cc(C(=O)NCC2CCn3ccnc3C2)nc(=O)[nH]1. The van der Waals surface area contributed by atoms with Gasteiger partial charge in [0.05, 0.1) is 0 Å². The van der Waals surface area contributed by atoms with E-state index in [-0.39, 0.29) is 11.6 Å². The lowest BCUT2D eigenvalue weighted by molar-refractivity contribution is 0.0939. The fourth-order valence-electron chi connectivity index (χ4n) is 2.61. The second-order valence-electron chi connectivity index (χ2n) is 5.36. The minimum absolute atomic E-state index is 0.161. The van der Waals surface area contributed by atoms with E-state index in [1.807, 2.05) is 6.20 Å². The maximum Gasteiger partial charge on any atom is 0.345 e. The predicted octanol–water partition coefficient (Wildman–Crippen LogP) is 0.267. The molecule has 7 nitrogen and oxygen atoms in total. The number of hydrogen-bond donors (Lipinski definition) is 2. The van der Waals surface area contributed by atoms with E-state index in [4.69, 9.17) is 0 Å². The molecule has 0 saturated heterocycles. The Morgan fingerprint density at radius 1 is 1.57 bits per heavy atom. The third kappa shape index (κ3) is 3.01. The number of imidazole rings is 1. The molecular weight excluding hydrogens is 270 g/mol. The van der Waals surface area contributed by atoms with Gasteiger partial charge >= 0.3 is 5.69 Å². The molecule has 1 unspecified atom stereocenters. The van der Waals surface area contributed by atoms with Gasteiger partial charge in [-0.1, -0.05) is 0 Å². The number of hydrogen-bond acceptors (Lipinski definition) is 4. The predicted molar refractivity (Wildman–Crippen MR) is 76.0 cm³/mol. The second kappa shape index (κ2) is 5.51. The zero-order chi connectivity index (χ0) is 14.8. The molecule has 2 N–H and O–H groups in total. The van der Waals surface area contributed by atoms with Crippen LogP contribution in [0.15, 0.2) is 23.3 Å². The highest BCUT2D eigenvalue weighted by atomic mass is 16.2. The van der Waals surface area contributed by atoms with Crippen LogP contribution in [-0.2, 0) is 13.0 Å². The van der Waals surface area contributed by atoms with Gasteiger partial charge in [-0.3, -0.25) is 4.79 Å². The highest BCUT2D eigenvalue weighted by Crippen LogP contribution is 2.18. The summed E-state index contributed by atoms with van der Waals surface area (Å²) in [6, 6.07) is 1.57. The van der Waals surface area contributed by atoms with E-state index < -0.39 is 5.69 Å². The van der Waals surface area contributed by atoms with Gasteiger partial charge in [0.25, 0.3) is 5.91 Å². The molecule has 1 atom stereocenters. The van der Waals surface area contributed by atoms with Crippen LogP contribution < -0.4 is 11.0 Å². The molecule has 1 aliphatic heterocycles. The van der Waals surface area contributed by atoms with E-state index in [9.17, 15) is 9.59 Å². The molecule has 1 amide bonds. The minimum Gasteiger partial charge on any atom is -0.350 e. The molecule has 2 aromatic rings. The summed E-state index contributed by atoms with van der Waals surface area (Å²) in [6.45, 7) is 3.22. The van der Waals surface area contributed by atoms with Gasteiger partial charge in [-0.05, 0) is 25.3 Å². The van der Waals surface area contributed by atoms with Crippen LogP contribution in [0.2, 0.25) is 0 Å². The summed E-state index contributed by atoms with van der Waals surface area (Å²) >= 11 is 0. The zero-order valence-corrected chi connectivity index (χ0v) is 11.8. The highest BCUT2D eigenvalue weighted by molar-refractivity contribution is 5.92. The smallest absolute Gasteiger partial charge is 0.345 e. The number of amides is 1. The molecule has 3 rings (SSSR count). The van der Waals surface area contributed by atoms with Gasteiger partial charge in [0, 0.05) is 37.6 Å². The lowest BCUT2D eigenvalue weighted by Gasteiger charge is -2.23. The summed E-state index contributed by atoms with van der Waals surface area (Å²) < 4.78 is 2.14. The van der Waals surface area contributed by atoms with E-state index in [2.05, 4.69) is 24.8 Å². The lowest BCUT2D eigenvalue weighted by atomic mass is 9.98. The van der Waals surface area contributed by atoms with Crippen LogP contribution in [0.1, 0.15) is 28.4 Å². The number of aromatic nitrogens is 4. The number of nitrogens with zero attached hydrogens (tertiary/aromatic N) is 3. The molecule has 0 bridgehead atoms. The van der Waals surface area contributed by atoms with Gasteiger partial charge in [0.15, 0.2) is 0 Å². The first kappa shape index (κ1) is 13.5. The van der Waals surface area contributed by atoms with Crippen molar-refractivity contribution in [3.05, 3.63) is 46.2 Å². The van der Waals surface area contributed by atoms with Crippen molar-refractivity contribution in [1.82, 2.24) is 24.8 Å². The molecule has 1 aliphatic rings. The number of carbonyl (C=O) groups is 1. The van der Waals surface area contributed by atoms with Crippen molar-refractivity contribution in [2.24, 2.45) is 5.92 Å². The van der Waals surface area contributed by atoms with Crippen molar-refractivity contribution < 1.29 is 4.79 Å². The average molecular weight is 287 g/mol. The summed E-state index contributed by atoms with van der Waals surface area (Å²) in [7, 11) is 0. The number of rotatable bonds is 3. The second-order valence-corrected chi connectivity index (χ2v) is 5.36. The van der Waals surface area contributed by atoms with E-state index >= 15 is 0 Å². The van der Waals surface area contributed by atoms with Crippen molar-refractivity contribution >= 4 is 5.91 Å².